The van der Waals surface area contributed by atoms with Crippen molar-refractivity contribution in [2.45, 2.75) is 64.1 Å². The predicted molar refractivity (Wildman–Crippen MR) is 169 cm³/mol. The Balaban J connectivity index is 2.24. The number of hydrogen-bond acceptors (Lipinski definition) is 9. The van der Waals surface area contributed by atoms with Gasteiger partial charge in [0.2, 0.25) is 53.2 Å². The first kappa shape index (κ1) is 38.6. The number of carbonyl (C=O) groups excluding carboxylic acids is 9. The molecule has 1 aliphatic heterocycles. The lowest BCUT2D eigenvalue weighted by molar-refractivity contribution is -0.132. The highest BCUT2D eigenvalue weighted by molar-refractivity contribution is 5.95. The molecule has 2 rings (SSSR count). The van der Waals surface area contributed by atoms with Gasteiger partial charge < -0.3 is 48.3 Å². The molecule has 1 saturated heterocycles. The Morgan fingerprint density at radius 3 is 2.15 bits per heavy atom. The monoisotopic (exact) mass is 673 g/mol. The largest absolute Gasteiger partial charge is 0.368 e. The van der Waals surface area contributed by atoms with Gasteiger partial charge in [0.15, 0.2) is 0 Å². The topological polar surface area (TPSA) is 276 Å². The first-order valence-electron chi connectivity index (χ1n) is 15.3. The molecular weight excluding hydrogens is 630 g/mol. The highest BCUT2D eigenvalue weighted by Crippen LogP contribution is 2.10. The molecule has 9 amide bonds. The lowest BCUT2D eigenvalue weighted by Crippen LogP contribution is -2.54. The van der Waals surface area contributed by atoms with Crippen LogP contribution in [0, 0.1) is 6.92 Å². The normalized spacial score (nSPS) is 21.2. The first-order valence-corrected chi connectivity index (χ1v) is 15.3. The van der Waals surface area contributed by atoms with Crippen molar-refractivity contribution >= 4 is 53.2 Å². The summed E-state index contributed by atoms with van der Waals surface area (Å²) in [5.74, 6) is -6.21. The first-order chi connectivity index (χ1) is 22.7. The molecule has 48 heavy (non-hydrogen) atoms. The summed E-state index contributed by atoms with van der Waals surface area (Å²) in [4.78, 5) is 112. The molecule has 0 aliphatic carbocycles. The minimum absolute atomic E-state index is 0.0266. The van der Waals surface area contributed by atoms with Crippen LogP contribution in [0.15, 0.2) is 24.3 Å². The molecular formula is C30H43N9O9. The van der Waals surface area contributed by atoms with E-state index in [1.165, 1.54) is 6.92 Å². The van der Waals surface area contributed by atoms with E-state index in [9.17, 15) is 43.2 Å². The molecule has 0 aromatic heterocycles. The molecule has 0 spiro atoms. The average molecular weight is 674 g/mol. The number of rotatable bonds is 6. The van der Waals surface area contributed by atoms with Gasteiger partial charge in [-0.05, 0) is 37.3 Å². The van der Waals surface area contributed by atoms with E-state index >= 15 is 0 Å². The Kier molecular flexibility index (Phi) is 16.0. The van der Waals surface area contributed by atoms with Crippen LogP contribution in [-0.2, 0) is 49.6 Å². The summed E-state index contributed by atoms with van der Waals surface area (Å²) in [6.07, 6.45) is -0.0548. The zero-order valence-corrected chi connectivity index (χ0v) is 26.9. The fourth-order valence-corrected chi connectivity index (χ4v) is 4.48. The van der Waals surface area contributed by atoms with Crippen LogP contribution in [0.2, 0.25) is 0 Å². The van der Waals surface area contributed by atoms with E-state index in [-0.39, 0.29) is 38.6 Å². The van der Waals surface area contributed by atoms with Crippen molar-refractivity contribution in [1.82, 2.24) is 42.5 Å². The van der Waals surface area contributed by atoms with Crippen LogP contribution in [0.25, 0.3) is 0 Å². The van der Waals surface area contributed by atoms with Crippen LogP contribution in [0.1, 0.15) is 43.7 Å². The second-order valence-corrected chi connectivity index (χ2v) is 11.0. The fraction of sp³-hybridized carbons (Fsp3) is 0.500. The van der Waals surface area contributed by atoms with Crippen molar-refractivity contribution in [1.29, 1.82) is 0 Å². The van der Waals surface area contributed by atoms with E-state index < -0.39 is 97.5 Å². The van der Waals surface area contributed by atoms with Crippen LogP contribution in [0.5, 0.6) is 0 Å². The smallest absolute Gasteiger partial charge is 0.243 e. The van der Waals surface area contributed by atoms with Gasteiger partial charge in [-0.15, -0.1) is 0 Å². The second kappa shape index (κ2) is 19.9. The van der Waals surface area contributed by atoms with Gasteiger partial charge in [-0.2, -0.15) is 0 Å². The molecule has 1 aliphatic rings. The zero-order valence-electron chi connectivity index (χ0n) is 26.9. The zero-order chi connectivity index (χ0) is 35.6. The molecule has 3 unspecified atom stereocenters. The van der Waals surface area contributed by atoms with Crippen molar-refractivity contribution in [3.8, 4) is 0 Å². The molecule has 0 saturated carbocycles. The third-order valence-corrected chi connectivity index (χ3v) is 7.11. The van der Waals surface area contributed by atoms with E-state index in [2.05, 4.69) is 42.5 Å². The van der Waals surface area contributed by atoms with Gasteiger partial charge in [0, 0.05) is 26.3 Å². The van der Waals surface area contributed by atoms with Crippen molar-refractivity contribution < 1.29 is 43.2 Å². The highest BCUT2D eigenvalue weighted by atomic mass is 16.2. The summed E-state index contributed by atoms with van der Waals surface area (Å²) in [6.45, 7) is 1.04. The third kappa shape index (κ3) is 14.7. The van der Waals surface area contributed by atoms with Gasteiger partial charge >= 0.3 is 0 Å². The molecule has 18 heteroatoms. The molecule has 10 N–H and O–H groups in total. The summed E-state index contributed by atoms with van der Waals surface area (Å²) >= 11 is 0. The van der Waals surface area contributed by atoms with Gasteiger partial charge in [-0.25, -0.2) is 0 Å². The predicted octanol–water partition coefficient (Wildman–Crippen LogP) is -4.35. The van der Waals surface area contributed by atoms with Crippen molar-refractivity contribution in [2.24, 2.45) is 5.73 Å². The van der Waals surface area contributed by atoms with E-state index in [1.807, 2.05) is 13.0 Å². The molecule has 0 radical (unpaired) electrons. The molecule has 18 nitrogen and oxygen atoms in total. The molecule has 0 bridgehead atoms. The Hall–Kier alpha value is -5.55. The number of hydrogen-bond donors (Lipinski definition) is 9. The summed E-state index contributed by atoms with van der Waals surface area (Å²) in [6, 6.07) is 3.62. The molecule has 1 aromatic rings. The molecule has 1 heterocycles. The number of carbonyl (C=O) groups is 9. The molecule has 3 atom stereocenters. The Morgan fingerprint density at radius 2 is 1.46 bits per heavy atom. The summed E-state index contributed by atoms with van der Waals surface area (Å²) in [7, 11) is 0. The van der Waals surface area contributed by atoms with E-state index in [0.717, 1.165) is 11.1 Å². The highest BCUT2D eigenvalue weighted by Gasteiger charge is 2.26. The molecule has 262 valence electrons. The number of aryl methyl sites for hydroxylation is 1. The summed E-state index contributed by atoms with van der Waals surface area (Å²) in [5, 5.41) is 19.4. The van der Waals surface area contributed by atoms with Gasteiger partial charge in [0.25, 0.3) is 0 Å². The lowest BCUT2D eigenvalue weighted by atomic mass is 10.0. The fourth-order valence-electron chi connectivity index (χ4n) is 4.48. The van der Waals surface area contributed by atoms with Gasteiger partial charge in [-0.1, -0.05) is 24.3 Å². The maximum atomic E-state index is 13.1. The maximum Gasteiger partial charge on any atom is 0.243 e. The average Bonchev–Trinajstić information content (AvgIpc) is 3.03. The summed E-state index contributed by atoms with van der Waals surface area (Å²) in [5.41, 5.74) is 6.93. The van der Waals surface area contributed by atoms with E-state index in [0.29, 0.717) is 0 Å². The number of benzene rings is 1. The van der Waals surface area contributed by atoms with Crippen molar-refractivity contribution in [2.75, 3.05) is 32.7 Å². The number of nitrogens with two attached hydrogens (primary N) is 1. The van der Waals surface area contributed by atoms with E-state index in [1.54, 1.807) is 18.2 Å². The quantitative estimate of drug-likeness (QED) is 0.141. The number of primary amides is 1. The lowest BCUT2D eigenvalue weighted by Gasteiger charge is -2.21. The third-order valence-electron chi connectivity index (χ3n) is 7.11. The van der Waals surface area contributed by atoms with E-state index in [4.69, 9.17) is 5.73 Å². The molecule has 1 aromatic carbocycles. The number of nitrogens with one attached hydrogen (secondary N) is 8. The minimum Gasteiger partial charge on any atom is -0.368 e. The van der Waals surface area contributed by atoms with Crippen LogP contribution in [-0.4, -0.2) is 104 Å². The van der Waals surface area contributed by atoms with Crippen LogP contribution >= 0.6 is 0 Å². The van der Waals surface area contributed by atoms with Crippen LogP contribution < -0.4 is 48.3 Å². The maximum absolute atomic E-state index is 13.1. The van der Waals surface area contributed by atoms with Crippen molar-refractivity contribution in [3.63, 3.8) is 0 Å². The van der Waals surface area contributed by atoms with Gasteiger partial charge in [0.1, 0.15) is 18.1 Å². The van der Waals surface area contributed by atoms with Crippen LogP contribution in [0.4, 0.5) is 0 Å². The Labute approximate surface area is 276 Å². The Morgan fingerprint density at radius 1 is 0.812 bits per heavy atom. The van der Waals surface area contributed by atoms with Gasteiger partial charge in [-0.3, -0.25) is 43.2 Å². The Bertz CT molecular complexity index is 1390. The number of amides is 9. The SMILES string of the molecule is CC(=O)NCC(=O)NC1CCCNC(=O)CCC(C(N)=O)NC(=O)CNC(=O)CNC(=O)C(Cc2ccccc2C)NC(=O)CNC1=O. The van der Waals surface area contributed by atoms with Crippen LogP contribution in [0.3, 0.4) is 0 Å². The minimum atomic E-state index is -1.21. The summed E-state index contributed by atoms with van der Waals surface area (Å²) < 4.78 is 0. The van der Waals surface area contributed by atoms with Crippen molar-refractivity contribution in [3.05, 3.63) is 35.4 Å². The second-order valence-electron chi connectivity index (χ2n) is 11.0. The molecule has 1 fully saturated rings. The standard InChI is InChI=1S/C30H43N9O9/c1-17-6-3-4-7-19(17)12-22-30(48)35-13-24(42)34-15-26(44)37-20(28(31)46)9-10-23(41)32-11-5-8-21(29(47)36-16-27(45)39-22)38-25(43)14-33-18(2)40/h3-4,6-7,20-22H,5,8-16H2,1-2H3,(H2,31,46)(H,32,41)(H,33,40)(H,34,42)(H,35,48)(H,36,47)(H,37,44)(H,38,43)(H,39,45). The van der Waals surface area contributed by atoms with Gasteiger partial charge in [0.05, 0.1) is 26.2 Å².